The third kappa shape index (κ3) is 43.8. The molecule has 0 spiro atoms. The highest BCUT2D eigenvalue weighted by atomic mass is 16.7. The van der Waals surface area contributed by atoms with Crippen LogP contribution in [0.5, 0.6) is 0 Å². The summed E-state index contributed by atoms with van der Waals surface area (Å²) in [6.07, 6.45) is 74.0. The summed E-state index contributed by atoms with van der Waals surface area (Å²) in [5, 5.41) is 54.7. The molecular weight excluding hydrogens is 947 g/mol. The van der Waals surface area contributed by atoms with Crippen LogP contribution in [0.15, 0.2) is 109 Å². The van der Waals surface area contributed by atoms with E-state index < -0.39 is 49.5 Å². The maximum Gasteiger partial charge on any atom is 0.220 e. The predicted molar refractivity (Wildman–Crippen MR) is 322 cm³/mol. The van der Waals surface area contributed by atoms with E-state index in [0.717, 1.165) is 103 Å². The minimum absolute atomic E-state index is 0.145. The Morgan fingerprint density at radius 2 is 0.816 bits per heavy atom. The summed E-state index contributed by atoms with van der Waals surface area (Å²) >= 11 is 0. The SMILES string of the molecule is CC/C=C\C/C=C\C/C=C\C/C=C\C/C=C\C/C=C\C/C=C\C/C=C\C/C=C\CCCCCCCCCCCC(=O)NC(COC1OC(CO)C(O)C(O)C1O)C(O)CCCCCCCCCCCCCCCCCC. The molecule has 1 aliphatic rings. The Morgan fingerprint density at radius 1 is 0.461 bits per heavy atom. The molecule has 1 heterocycles. The number of rotatable bonds is 52. The second-order valence-corrected chi connectivity index (χ2v) is 21.1. The zero-order chi connectivity index (χ0) is 55.0. The predicted octanol–water partition coefficient (Wildman–Crippen LogP) is 16.1. The van der Waals surface area contributed by atoms with Crippen molar-refractivity contribution < 1.29 is 39.8 Å². The van der Waals surface area contributed by atoms with E-state index in [1.807, 2.05) is 0 Å². The summed E-state index contributed by atoms with van der Waals surface area (Å²) in [6, 6.07) is -0.729. The molecule has 6 N–H and O–H groups in total. The van der Waals surface area contributed by atoms with E-state index in [9.17, 15) is 30.3 Å². The number of aliphatic hydroxyl groups excluding tert-OH is 5. The summed E-state index contributed by atoms with van der Waals surface area (Å²) in [5.74, 6) is -0.154. The Balaban J connectivity index is 2.16. The first-order valence-electron chi connectivity index (χ1n) is 31.1. The Morgan fingerprint density at radius 3 is 1.21 bits per heavy atom. The molecule has 0 aromatic heterocycles. The number of carbonyl (C=O) groups excluding carboxylic acids is 1. The van der Waals surface area contributed by atoms with Crippen molar-refractivity contribution in [1.82, 2.24) is 5.32 Å². The van der Waals surface area contributed by atoms with E-state index in [1.165, 1.54) is 122 Å². The monoisotopic (exact) mass is 1060 g/mol. The van der Waals surface area contributed by atoms with Crippen molar-refractivity contribution in [2.75, 3.05) is 13.2 Å². The highest BCUT2D eigenvalue weighted by molar-refractivity contribution is 5.76. The lowest BCUT2D eigenvalue weighted by atomic mass is 9.99. The molecule has 0 saturated carbocycles. The average Bonchev–Trinajstić information content (AvgIpc) is 3.42. The fraction of sp³-hybridized carbons (Fsp3) is 0.716. The number of hydrogen-bond acceptors (Lipinski definition) is 8. The molecule has 7 unspecified atom stereocenters. The molecule has 76 heavy (non-hydrogen) atoms. The van der Waals surface area contributed by atoms with Gasteiger partial charge in [0.25, 0.3) is 0 Å². The van der Waals surface area contributed by atoms with Gasteiger partial charge in [-0.1, -0.05) is 271 Å². The van der Waals surface area contributed by atoms with Crippen LogP contribution in [0.1, 0.15) is 251 Å². The van der Waals surface area contributed by atoms with E-state index in [2.05, 4.69) is 129 Å². The zero-order valence-electron chi connectivity index (χ0n) is 48.5. The average molecular weight is 1060 g/mol. The number of hydrogen-bond donors (Lipinski definition) is 6. The van der Waals surface area contributed by atoms with Crippen LogP contribution in [0.2, 0.25) is 0 Å². The molecule has 0 aromatic carbocycles. The maximum atomic E-state index is 13.1. The van der Waals surface area contributed by atoms with Gasteiger partial charge in [0, 0.05) is 6.42 Å². The van der Waals surface area contributed by atoms with E-state index >= 15 is 0 Å². The molecule has 9 nitrogen and oxygen atoms in total. The Kier molecular flexibility index (Phi) is 51.4. The van der Waals surface area contributed by atoms with Gasteiger partial charge in [-0.3, -0.25) is 4.79 Å². The second kappa shape index (κ2) is 55.2. The third-order valence-electron chi connectivity index (χ3n) is 14.1. The highest BCUT2D eigenvalue weighted by Gasteiger charge is 2.44. The van der Waals surface area contributed by atoms with E-state index in [1.54, 1.807) is 0 Å². The number of ether oxygens (including phenoxy) is 2. The molecule has 9 heteroatoms. The van der Waals surface area contributed by atoms with Crippen molar-refractivity contribution in [3.8, 4) is 0 Å². The van der Waals surface area contributed by atoms with Gasteiger partial charge < -0.3 is 40.3 Å². The van der Waals surface area contributed by atoms with Gasteiger partial charge in [0.1, 0.15) is 24.4 Å². The minimum atomic E-state index is -1.56. The van der Waals surface area contributed by atoms with Crippen molar-refractivity contribution in [3.63, 3.8) is 0 Å². The highest BCUT2D eigenvalue weighted by Crippen LogP contribution is 2.23. The zero-order valence-corrected chi connectivity index (χ0v) is 48.5. The number of amides is 1. The van der Waals surface area contributed by atoms with Crippen molar-refractivity contribution >= 4 is 5.91 Å². The summed E-state index contributed by atoms with van der Waals surface area (Å²) < 4.78 is 11.3. The normalized spacial score (nSPS) is 19.6. The summed E-state index contributed by atoms with van der Waals surface area (Å²) in [7, 11) is 0. The summed E-state index contributed by atoms with van der Waals surface area (Å²) in [5.41, 5.74) is 0. The van der Waals surface area contributed by atoms with Crippen molar-refractivity contribution in [2.24, 2.45) is 0 Å². The first-order chi connectivity index (χ1) is 37.3. The lowest BCUT2D eigenvalue weighted by Gasteiger charge is -2.40. The van der Waals surface area contributed by atoms with Crippen LogP contribution in [0, 0.1) is 0 Å². The number of carbonyl (C=O) groups is 1. The van der Waals surface area contributed by atoms with Crippen LogP contribution in [0.25, 0.3) is 0 Å². The molecule has 1 aliphatic heterocycles. The van der Waals surface area contributed by atoms with Crippen molar-refractivity contribution in [2.45, 2.75) is 294 Å². The molecule has 0 radical (unpaired) electrons. The van der Waals surface area contributed by atoms with Gasteiger partial charge >= 0.3 is 0 Å². The quantitative estimate of drug-likeness (QED) is 0.0261. The van der Waals surface area contributed by atoms with Crippen molar-refractivity contribution in [3.05, 3.63) is 109 Å². The Bertz CT molecular complexity index is 1560. The molecule has 436 valence electrons. The number of allylic oxidation sites excluding steroid dienone is 18. The number of unbranched alkanes of at least 4 members (excludes halogenated alkanes) is 24. The van der Waals surface area contributed by atoms with Gasteiger partial charge in [-0.15, -0.1) is 0 Å². The molecule has 0 aliphatic carbocycles. The minimum Gasteiger partial charge on any atom is -0.394 e. The maximum absolute atomic E-state index is 13.1. The van der Waals surface area contributed by atoms with Crippen LogP contribution >= 0.6 is 0 Å². The number of nitrogens with one attached hydrogen (secondary N) is 1. The topological polar surface area (TPSA) is 149 Å². The molecule has 1 fully saturated rings. The largest absolute Gasteiger partial charge is 0.394 e. The van der Waals surface area contributed by atoms with E-state index in [4.69, 9.17) is 9.47 Å². The van der Waals surface area contributed by atoms with Gasteiger partial charge in [0.05, 0.1) is 25.4 Å². The van der Waals surface area contributed by atoms with Crippen LogP contribution in [0.4, 0.5) is 0 Å². The molecule has 7 atom stereocenters. The standard InChI is InChI=1S/C67H115NO8/c1-3-5-7-9-11-13-15-17-19-21-22-23-24-25-26-27-28-29-30-31-32-33-34-35-36-37-38-39-40-41-43-45-47-49-51-53-55-57-63(71)68-60(59-75-67-66(74)65(73)64(72)62(58-69)76-67)61(70)56-54-52-50-48-46-44-42-20-18-16-14-12-10-8-6-4-2/h5,7,11,13,17,19,22-23,25-26,28-29,31-32,34-35,37-38,60-62,64-67,69-70,72-74H,3-4,6,8-10,12,14-16,18,20-21,24,27,30,33,36,39-59H2,1-2H3,(H,68,71)/b7-5-,13-11-,19-17-,23-22-,26-25-,29-28-,32-31-,35-34-,38-37-. The first kappa shape index (κ1) is 70.9. The van der Waals surface area contributed by atoms with Gasteiger partial charge in [-0.05, 0) is 83.5 Å². The lowest BCUT2D eigenvalue weighted by Crippen LogP contribution is -2.60. The van der Waals surface area contributed by atoms with E-state index in [-0.39, 0.29) is 12.5 Å². The molecular formula is C67H115NO8. The van der Waals surface area contributed by atoms with Gasteiger partial charge in [-0.25, -0.2) is 0 Å². The van der Waals surface area contributed by atoms with Gasteiger partial charge in [0.15, 0.2) is 6.29 Å². The van der Waals surface area contributed by atoms with Crippen LogP contribution in [-0.2, 0) is 14.3 Å². The molecule has 0 bridgehead atoms. The van der Waals surface area contributed by atoms with E-state index in [0.29, 0.717) is 12.8 Å². The second-order valence-electron chi connectivity index (χ2n) is 21.1. The fourth-order valence-corrected chi connectivity index (χ4v) is 9.27. The van der Waals surface area contributed by atoms with Crippen LogP contribution in [-0.4, -0.2) is 87.5 Å². The van der Waals surface area contributed by atoms with Crippen LogP contribution < -0.4 is 5.32 Å². The number of aliphatic hydroxyl groups is 5. The molecule has 1 saturated heterocycles. The summed E-state index contributed by atoms with van der Waals surface area (Å²) in [6.45, 7) is 3.72. The van der Waals surface area contributed by atoms with Gasteiger partial charge in [0.2, 0.25) is 5.91 Å². The molecule has 1 rings (SSSR count). The Labute approximate surface area is 466 Å². The summed E-state index contributed by atoms with van der Waals surface area (Å²) in [4.78, 5) is 13.1. The lowest BCUT2D eigenvalue weighted by molar-refractivity contribution is -0.302. The Hall–Kier alpha value is -3.15. The van der Waals surface area contributed by atoms with Crippen LogP contribution in [0.3, 0.4) is 0 Å². The van der Waals surface area contributed by atoms with Crippen molar-refractivity contribution in [1.29, 1.82) is 0 Å². The first-order valence-corrected chi connectivity index (χ1v) is 31.1. The smallest absolute Gasteiger partial charge is 0.220 e. The van der Waals surface area contributed by atoms with Gasteiger partial charge in [-0.2, -0.15) is 0 Å². The third-order valence-corrected chi connectivity index (χ3v) is 14.1. The fourth-order valence-electron chi connectivity index (χ4n) is 9.27. The molecule has 1 amide bonds. The molecule has 0 aromatic rings.